The van der Waals surface area contributed by atoms with Crippen LogP contribution in [0.2, 0.25) is 0 Å². The van der Waals surface area contributed by atoms with E-state index in [0.717, 1.165) is 10.5 Å². The van der Waals surface area contributed by atoms with Crippen LogP contribution in [-0.2, 0) is 9.59 Å². The van der Waals surface area contributed by atoms with Crippen LogP contribution in [-0.4, -0.2) is 23.3 Å². The van der Waals surface area contributed by atoms with Gasteiger partial charge in [0.05, 0.1) is 0 Å². The first kappa shape index (κ1) is 17.9. The Hall–Kier alpha value is -2.50. The van der Waals surface area contributed by atoms with E-state index in [1.807, 2.05) is 38.1 Å². The van der Waals surface area contributed by atoms with Crippen molar-refractivity contribution in [1.82, 2.24) is 4.90 Å². The van der Waals surface area contributed by atoms with Crippen LogP contribution in [0.3, 0.4) is 0 Å². The van der Waals surface area contributed by atoms with Crippen molar-refractivity contribution in [1.29, 1.82) is 0 Å². The molecule has 0 saturated carbocycles. The molecule has 3 aromatic rings. The minimum absolute atomic E-state index is 0.184. The van der Waals surface area contributed by atoms with E-state index in [1.54, 1.807) is 29.6 Å². The molecule has 2 amide bonds. The molecule has 0 N–H and O–H groups in total. The van der Waals surface area contributed by atoms with Gasteiger partial charge in [-0.1, -0.05) is 30.3 Å². The predicted octanol–water partition coefficient (Wildman–Crippen LogP) is 5.74. The Balaban J connectivity index is 1.73. The van der Waals surface area contributed by atoms with Crippen molar-refractivity contribution in [2.45, 2.75) is 20.8 Å². The first-order valence-electron chi connectivity index (χ1n) is 8.84. The molecule has 0 atom stereocenters. The Morgan fingerprint density at radius 1 is 0.926 bits per heavy atom. The van der Waals surface area contributed by atoms with Crippen LogP contribution >= 0.6 is 22.7 Å². The van der Waals surface area contributed by atoms with Crippen LogP contribution in [0.4, 0.5) is 0 Å². The minimum atomic E-state index is -0.202. The van der Waals surface area contributed by atoms with E-state index in [0.29, 0.717) is 17.7 Å². The Morgan fingerprint density at radius 2 is 1.63 bits per heavy atom. The molecule has 5 heteroatoms. The fraction of sp³-hybridized carbons (Fsp3) is 0.182. The summed E-state index contributed by atoms with van der Waals surface area (Å²) >= 11 is 3.44. The Labute approximate surface area is 166 Å². The number of carbonyl (C=O) groups excluding carboxylic acids is 2. The number of benzene rings is 1. The summed E-state index contributed by atoms with van der Waals surface area (Å²) in [5, 5.41) is 0. The van der Waals surface area contributed by atoms with Crippen LogP contribution < -0.4 is 0 Å². The molecule has 3 nitrogen and oxygen atoms in total. The van der Waals surface area contributed by atoms with Gasteiger partial charge in [-0.2, -0.15) is 0 Å². The highest BCUT2D eigenvalue weighted by Crippen LogP contribution is 2.39. The van der Waals surface area contributed by atoms with Crippen molar-refractivity contribution in [2.75, 3.05) is 6.54 Å². The molecule has 1 aliphatic rings. The summed E-state index contributed by atoms with van der Waals surface area (Å²) in [6, 6.07) is 14.7. The van der Waals surface area contributed by atoms with Crippen molar-refractivity contribution in [2.24, 2.45) is 0 Å². The lowest BCUT2D eigenvalue weighted by atomic mass is 9.95. The van der Waals surface area contributed by atoms with Crippen LogP contribution in [0.15, 0.2) is 59.2 Å². The number of hydrogen-bond acceptors (Lipinski definition) is 4. The van der Waals surface area contributed by atoms with Gasteiger partial charge < -0.3 is 0 Å². The second kappa shape index (κ2) is 6.91. The van der Waals surface area contributed by atoms with E-state index in [9.17, 15) is 9.59 Å². The van der Waals surface area contributed by atoms with E-state index < -0.39 is 0 Å². The monoisotopic (exact) mass is 393 g/mol. The number of carbonyl (C=O) groups is 2. The van der Waals surface area contributed by atoms with Crippen molar-refractivity contribution in [3.05, 3.63) is 64.1 Å². The third-order valence-corrected chi connectivity index (χ3v) is 7.18. The lowest BCUT2D eigenvalue weighted by Crippen LogP contribution is -2.42. The van der Waals surface area contributed by atoms with Gasteiger partial charge in [-0.05, 0) is 50.1 Å². The third-order valence-electron chi connectivity index (χ3n) is 4.90. The van der Waals surface area contributed by atoms with Crippen LogP contribution in [0, 0.1) is 0 Å². The van der Waals surface area contributed by atoms with Crippen molar-refractivity contribution in [3.63, 3.8) is 0 Å². The van der Waals surface area contributed by atoms with Crippen LogP contribution in [0.25, 0.3) is 25.9 Å². The fourth-order valence-electron chi connectivity index (χ4n) is 3.23. The molecular formula is C22H19NO2S2. The second-order valence-electron chi connectivity index (χ2n) is 6.52. The van der Waals surface area contributed by atoms with Crippen molar-refractivity contribution >= 4 is 50.0 Å². The number of fused-ring (bicyclic) bond motifs is 1. The quantitative estimate of drug-likeness (QED) is 0.420. The second-order valence-corrected chi connectivity index (χ2v) is 8.72. The number of nitrogens with zero attached hydrogens (tertiary/aromatic N) is 1. The summed E-state index contributed by atoms with van der Waals surface area (Å²) < 4.78 is 2.44. The molecule has 0 bridgehead atoms. The van der Waals surface area contributed by atoms with Gasteiger partial charge in [-0.15, -0.1) is 22.7 Å². The fourth-order valence-corrected chi connectivity index (χ4v) is 5.59. The summed E-state index contributed by atoms with van der Waals surface area (Å²) in [7, 11) is 0. The van der Waals surface area contributed by atoms with E-state index in [1.165, 1.54) is 24.7 Å². The summed E-state index contributed by atoms with van der Waals surface area (Å²) in [6.07, 6.45) is 1.93. The van der Waals surface area contributed by atoms with Crippen molar-refractivity contribution < 1.29 is 9.59 Å². The first-order valence-corrected chi connectivity index (χ1v) is 10.5. The van der Waals surface area contributed by atoms with Crippen molar-refractivity contribution in [3.8, 4) is 10.4 Å². The number of amides is 2. The normalized spacial score (nSPS) is 16.9. The maximum Gasteiger partial charge on any atom is 0.261 e. The van der Waals surface area contributed by atoms with E-state index >= 15 is 0 Å². The largest absolute Gasteiger partial charge is 0.275 e. The molecule has 1 aliphatic heterocycles. The first-order chi connectivity index (χ1) is 13.0. The highest BCUT2D eigenvalue weighted by Gasteiger charge is 2.32. The van der Waals surface area contributed by atoms with Crippen LogP contribution in [0.1, 0.15) is 25.6 Å². The summed E-state index contributed by atoms with van der Waals surface area (Å²) in [6.45, 7) is 5.86. The molecule has 0 saturated heterocycles. The smallest absolute Gasteiger partial charge is 0.261 e. The number of thiophene rings is 2. The molecule has 3 heterocycles. The number of likely N-dealkylation sites (N-methyl/N-ethyl adjacent to an activating group) is 1. The third kappa shape index (κ3) is 3.07. The zero-order valence-corrected chi connectivity index (χ0v) is 17.0. The van der Waals surface area contributed by atoms with E-state index in [4.69, 9.17) is 0 Å². The molecule has 136 valence electrons. The molecule has 27 heavy (non-hydrogen) atoms. The van der Waals surface area contributed by atoms with Gasteiger partial charge in [-0.25, -0.2) is 0 Å². The van der Waals surface area contributed by atoms with Gasteiger partial charge in [0.25, 0.3) is 11.8 Å². The zero-order valence-electron chi connectivity index (χ0n) is 15.4. The molecule has 0 unspecified atom stereocenters. The Bertz CT molecular complexity index is 1080. The summed E-state index contributed by atoms with van der Waals surface area (Å²) in [4.78, 5) is 28.6. The summed E-state index contributed by atoms with van der Waals surface area (Å²) in [5.41, 5.74) is 3.26. The van der Waals surface area contributed by atoms with E-state index in [-0.39, 0.29) is 11.8 Å². The molecule has 4 rings (SSSR count). The number of rotatable bonds is 3. The SMILES string of the molecule is CCN1C(=O)C(C)=C(C)/C(=C/c2cc3sc(-c4ccccc4)cc3s2)C1=O. The molecular weight excluding hydrogens is 374 g/mol. The molecule has 0 spiro atoms. The average molecular weight is 394 g/mol. The highest BCUT2D eigenvalue weighted by atomic mass is 32.1. The van der Waals surface area contributed by atoms with Crippen LogP contribution in [0.5, 0.6) is 0 Å². The summed E-state index contributed by atoms with van der Waals surface area (Å²) in [5.74, 6) is -0.385. The number of hydrogen-bond donors (Lipinski definition) is 0. The van der Waals surface area contributed by atoms with Gasteiger partial charge in [0, 0.05) is 36.8 Å². The lowest BCUT2D eigenvalue weighted by Gasteiger charge is -2.27. The zero-order chi connectivity index (χ0) is 19.1. The van der Waals surface area contributed by atoms with Gasteiger partial charge in [0.1, 0.15) is 0 Å². The molecule has 0 fully saturated rings. The molecule has 2 aromatic heterocycles. The molecule has 0 radical (unpaired) electrons. The topological polar surface area (TPSA) is 37.4 Å². The number of imide groups is 1. The Kier molecular flexibility index (Phi) is 4.58. The van der Waals surface area contributed by atoms with Gasteiger partial charge in [0.15, 0.2) is 0 Å². The molecule has 1 aromatic carbocycles. The lowest BCUT2D eigenvalue weighted by molar-refractivity contribution is -0.140. The maximum atomic E-state index is 12.7. The van der Waals surface area contributed by atoms with Gasteiger partial charge >= 0.3 is 0 Å². The van der Waals surface area contributed by atoms with Gasteiger partial charge in [-0.3, -0.25) is 14.5 Å². The predicted molar refractivity (Wildman–Crippen MR) is 114 cm³/mol. The van der Waals surface area contributed by atoms with Gasteiger partial charge in [0.2, 0.25) is 0 Å². The van der Waals surface area contributed by atoms with E-state index in [2.05, 4.69) is 24.3 Å². The maximum absolute atomic E-state index is 12.7. The Morgan fingerprint density at radius 3 is 2.30 bits per heavy atom. The minimum Gasteiger partial charge on any atom is -0.275 e. The standard InChI is InChI=1S/C22H19NO2S2/c1-4-23-21(24)14(3)13(2)17(22(23)25)10-16-11-19-20(26-16)12-18(27-19)15-8-6-5-7-9-15/h5-12H,4H2,1-3H3/b17-10-. The molecule has 0 aliphatic carbocycles. The average Bonchev–Trinajstić information content (AvgIpc) is 3.23. The highest BCUT2D eigenvalue weighted by molar-refractivity contribution is 7.29.